The number of nitrogens with one attached hydrogen (secondary N) is 2. The SMILES string of the molecule is CNS(=O)(=O)c1ccc(C)c(NC2CCCCCCC2)c1. The van der Waals surface area contributed by atoms with E-state index in [-0.39, 0.29) is 0 Å². The Balaban J connectivity index is 2.16. The summed E-state index contributed by atoms with van der Waals surface area (Å²) in [6, 6.07) is 5.73. The molecule has 0 aromatic heterocycles. The van der Waals surface area contributed by atoms with Gasteiger partial charge in [0.15, 0.2) is 0 Å². The molecule has 0 bridgehead atoms. The van der Waals surface area contributed by atoms with Gasteiger partial charge < -0.3 is 5.32 Å². The van der Waals surface area contributed by atoms with Crippen molar-refractivity contribution >= 4 is 15.7 Å². The Hall–Kier alpha value is -1.07. The molecule has 1 aromatic carbocycles. The minimum atomic E-state index is -3.38. The molecule has 0 heterocycles. The van der Waals surface area contributed by atoms with Crippen LogP contribution >= 0.6 is 0 Å². The van der Waals surface area contributed by atoms with Crippen molar-refractivity contribution in [1.82, 2.24) is 4.72 Å². The average Bonchev–Trinajstić information content (AvgIpc) is 2.43. The molecule has 2 rings (SSSR count). The third-order valence-corrected chi connectivity index (χ3v) is 5.66. The summed E-state index contributed by atoms with van der Waals surface area (Å²) in [4.78, 5) is 0.323. The van der Waals surface area contributed by atoms with E-state index in [0.717, 1.165) is 11.3 Å². The molecule has 2 N–H and O–H groups in total. The van der Waals surface area contributed by atoms with Crippen molar-refractivity contribution in [3.05, 3.63) is 23.8 Å². The average molecular weight is 310 g/mol. The lowest BCUT2D eigenvalue weighted by atomic mass is 9.96. The van der Waals surface area contributed by atoms with Crippen LogP contribution in [0.4, 0.5) is 5.69 Å². The zero-order valence-corrected chi connectivity index (χ0v) is 13.8. The normalized spacial score (nSPS) is 18.0. The van der Waals surface area contributed by atoms with Crippen LogP contribution in [-0.4, -0.2) is 21.5 Å². The quantitative estimate of drug-likeness (QED) is 0.896. The van der Waals surface area contributed by atoms with Crippen LogP contribution in [0.5, 0.6) is 0 Å². The summed E-state index contributed by atoms with van der Waals surface area (Å²) in [6.45, 7) is 2.01. The molecule has 1 aliphatic carbocycles. The lowest BCUT2D eigenvalue weighted by Gasteiger charge is -2.23. The minimum absolute atomic E-state index is 0.323. The number of sulfonamides is 1. The summed E-state index contributed by atoms with van der Waals surface area (Å²) in [6.07, 6.45) is 8.82. The molecule has 1 fully saturated rings. The maximum absolute atomic E-state index is 11.9. The van der Waals surface area contributed by atoms with Crippen LogP contribution in [0.2, 0.25) is 0 Å². The number of anilines is 1. The van der Waals surface area contributed by atoms with Crippen molar-refractivity contribution in [3.63, 3.8) is 0 Å². The van der Waals surface area contributed by atoms with Crippen molar-refractivity contribution in [2.75, 3.05) is 12.4 Å². The van der Waals surface area contributed by atoms with E-state index in [1.165, 1.54) is 52.0 Å². The molecule has 0 unspecified atom stereocenters. The molecule has 5 heteroatoms. The van der Waals surface area contributed by atoms with Crippen molar-refractivity contribution in [2.45, 2.75) is 62.8 Å². The largest absolute Gasteiger partial charge is 0.382 e. The summed E-state index contributed by atoms with van der Waals surface area (Å²) >= 11 is 0. The first-order valence-electron chi connectivity index (χ1n) is 7.83. The van der Waals surface area contributed by atoms with E-state index in [0.29, 0.717) is 10.9 Å². The van der Waals surface area contributed by atoms with E-state index < -0.39 is 10.0 Å². The molecule has 0 atom stereocenters. The van der Waals surface area contributed by atoms with E-state index >= 15 is 0 Å². The van der Waals surface area contributed by atoms with Crippen LogP contribution in [0.1, 0.15) is 50.5 Å². The van der Waals surface area contributed by atoms with Gasteiger partial charge in [-0.15, -0.1) is 0 Å². The summed E-state index contributed by atoms with van der Waals surface area (Å²) in [5.74, 6) is 0. The van der Waals surface area contributed by atoms with Gasteiger partial charge in [-0.3, -0.25) is 0 Å². The summed E-state index contributed by atoms with van der Waals surface area (Å²) < 4.78 is 26.2. The van der Waals surface area contributed by atoms with Crippen molar-refractivity contribution in [3.8, 4) is 0 Å². The van der Waals surface area contributed by atoms with E-state index in [2.05, 4.69) is 10.0 Å². The van der Waals surface area contributed by atoms with E-state index in [1.54, 1.807) is 12.1 Å². The van der Waals surface area contributed by atoms with Crippen LogP contribution < -0.4 is 10.0 Å². The van der Waals surface area contributed by atoms with Gasteiger partial charge in [-0.2, -0.15) is 0 Å². The second kappa shape index (κ2) is 7.27. The highest BCUT2D eigenvalue weighted by Gasteiger charge is 2.16. The number of hydrogen-bond acceptors (Lipinski definition) is 3. The fraction of sp³-hybridized carbons (Fsp3) is 0.625. The molecule has 21 heavy (non-hydrogen) atoms. The smallest absolute Gasteiger partial charge is 0.240 e. The first-order valence-corrected chi connectivity index (χ1v) is 9.32. The standard InChI is InChI=1S/C16H26N2O2S/c1-13-10-11-15(21(19,20)17-2)12-16(13)18-14-8-6-4-3-5-7-9-14/h10-12,14,17-18H,3-9H2,1-2H3. The molecule has 0 saturated heterocycles. The monoisotopic (exact) mass is 310 g/mol. The highest BCUT2D eigenvalue weighted by molar-refractivity contribution is 7.89. The Morgan fingerprint density at radius 1 is 1.05 bits per heavy atom. The number of rotatable bonds is 4. The Labute approximate surface area is 128 Å². The molecule has 0 spiro atoms. The second-order valence-electron chi connectivity index (χ2n) is 5.87. The molecule has 1 saturated carbocycles. The topological polar surface area (TPSA) is 58.2 Å². The molecule has 0 amide bonds. The lowest BCUT2D eigenvalue weighted by Crippen LogP contribution is -2.22. The summed E-state index contributed by atoms with van der Waals surface area (Å²) in [5, 5.41) is 3.56. The van der Waals surface area contributed by atoms with Crippen LogP contribution in [0.15, 0.2) is 23.1 Å². The van der Waals surface area contributed by atoms with E-state index in [9.17, 15) is 8.42 Å². The van der Waals surface area contributed by atoms with Gasteiger partial charge >= 0.3 is 0 Å². The van der Waals surface area contributed by atoms with Gasteiger partial charge in [0, 0.05) is 11.7 Å². The van der Waals surface area contributed by atoms with E-state index in [1.807, 2.05) is 13.0 Å². The summed E-state index contributed by atoms with van der Waals surface area (Å²) in [7, 11) is -1.94. The molecular weight excluding hydrogens is 284 g/mol. The number of hydrogen-bond donors (Lipinski definition) is 2. The zero-order chi connectivity index (χ0) is 15.3. The fourth-order valence-electron chi connectivity index (χ4n) is 2.86. The van der Waals surface area contributed by atoms with Gasteiger partial charge in [-0.05, 0) is 44.5 Å². The van der Waals surface area contributed by atoms with Gasteiger partial charge in [0.05, 0.1) is 4.90 Å². The van der Waals surface area contributed by atoms with Gasteiger partial charge in [-0.25, -0.2) is 13.1 Å². The number of aryl methyl sites for hydroxylation is 1. The lowest BCUT2D eigenvalue weighted by molar-refractivity contribution is 0.471. The van der Waals surface area contributed by atoms with E-state index in [4.69, 9.17) is 0 Å². The molecule has 4 nitrogen and oxygen atoms in total. The Kier molecular flexibility index (Phi) is 5.65. The van der Waals surface area contributed by atoms with Crippen LogP contribution in [0.25, 0.3) is 0 Å². The first kappa shape index (κ1) is 16.3. The first-order chi connectivity index (χ1) is 10.0. The van der Waals surface area contributed by atoms with Crippen LogP contribution in [0.3, 0.4) is 0 Å². The third kappa shape index (κ3) is 4.45. The highest BCUT2D eigenvalue weighted by atomic mass is 32.2. The molecule has 1 aliphatic rings. The van der Waals surface area contributed by atoms with Gasteiger partial charge in [0.25, 0.3) is 0 Å². The fourth-order valence-corrected chi connectivity index (χ4v) is 3.62. The van der Waals surface area contributed by atoms with Crippen molar-refractivity contribution in [2.24, 2.45) is 0 Å². The van der Waals surface area contributed by atoms with Crippen LogP contribution in [0, 0.1) is 6.92 Å². The van der Waals surface area contributed by atoms with Gasteiger partial charge in [0.2, 0.25) is 10.0 Å². The van der Waals surface area contributed by atoms with Gasteiger partial charge in [0.1, 0.15) is 0 Å². The second-order valence-corrected chi connectivity index (χ2v) is 7.76. The van der Waals surface area contributed by atoms with Crippen LogP contribution in [-0.2, 0) is 10.0 Å². The molecule has 0 radical (unpaired) electrons. The molecule has 118 valence electrons. The Morgan fingerprint density at radius 3 is 2.29 bits per heavy atom. The third-order valence-electron chi connectivity index (χ3n) is 4.25. The molecular formula is C16H26N2O2S. The minimum Gasteiger partial charge on any atom is -0.382 e. The number of benzene rings is 1. The predicted octanol–water partition coefficient (Wildman–Crippen LogP) is 3.43. The predicted molar refractivity (Wildman–Crippen MR) is 87.2 cm³/mol. The maximum atomic E-state index is 11.9. The van der Waals surface area contributed by atoms with Gasteiger partial charge in [-0.1, -0.05) is 38.2 Å². The maximum Gasteiger partial charge on any atom is 0.240 e. The van der Waals surface area contributed by atoms with Crippen molar-refractivity contribution < 1.29 is 8.42 Å². The van der Waals surface area contributed by atoms with Crippen molar-refractivity contribution in [1.29, 1.82) is 0 Å². The highest BCUT2D eigenvalue weighted by Crippen LogP contribution is 2.25. The molecule has 1 aromatic rings. The Morgan fingerprint density at radius 2 is 1.67 bits per heavy atom. The summed E-state index contributed by atoms with van der Waals surface area (Å²) in [5.41, 5.74) is 2.03. The Bertz CT molecular complexity index is 562. The zero-order valence-electron chi connectivity index (χ0n) is 13.0. The molecule has 0 aliphatic heterocycles.